The van der Waals surface area contributed by atoms with Crippen molar-refractivity contribution in [1.82, 2.24) is 0 Å². The number of anilines is 1. The SMILES string of the molecule is CC1(C)CC(c2ccccc2)N(c2ccc(C(F)(F)F)cc2)C1=O. The number of alkyl halides is 3. The molecule has 2 nitrogen and oxygen atoms in total. The Morgan fingerprint density at radius 1 is 1.00 bits per heavy atom. The van der Waals surface area contributed by atoms with E-state index in [0.717, 1.165) is 17.7 Å². The molecule has 1 unspecified atom stereocenters. The molecule has 0 bridgehead atoms. The second kappa shape index (κ2) is 5.65. The lowest BCUT2D eigenvalue weighted by molar-refractivity contribution is -0.137. The summed E-state index contributed by atoms with van der Waals surface area (Å²) >= 11 is 0. The summed E-state index contributed by atoms with van der Waals surface area (Å²) in [5, 5.41) is 0. The zero-order valence-corrected chi connectivity index (χ0v) is 13.5. The Kier molecular flexibility index (Phi) is 3.90. The van der Waals surface area contributed by atoms with Crippen LogP contribution in [0.2, 0.25) is 0 Å². The highest BCUT2D eigenvalue weighted by atomic mass is 19.4. The third-order valence-corrected chi connectivity index (χ3v) is 4.47. The molecule has 126 valence electrons. The first-order chi connectivity index (χ1) is 11.2. The first-order valence-electron chi connectivity index (χ1n) is 7.76. The van der Waals surface area contributed by atoms with Crippen LogP contribution in [-0.2, 0) is 11.0 Å². The molecule has 0 aliphatic carbocycles. The van der Waals surface area contributed by atoms with E-state index in [1.165, 1.54) is 12.1 Å². The van der Waals surface area contributed by atoms with Gasteiger partial charge in [-0.15, -0.1) is 0 Å². The smallest absolute Gasteiger partial charge is 0.304 e. The average Bonchev–Trinajstić information content (AvgIpc) is 2.78. The molecule has 1 aliphatic heterocycles. The van der Waals surface area contributed by atoms with Gasteiger partial charge in [-0.3, -0.25) is 4.79 Å². The van der Waals surface area contributed by atoms with Crippen molar-refractivity contribution >= 4 is 11.6 Å². The van der Waals surface area contributed by atoms with E-state index >= 15 is 0 Å². The van der Waals surface area contributed by atoms with Gasteiger partial charge in [0.05, 0.1) is 11.6 Å². The zero-order valence-electron chi connectivity index (χ0n) is 13.5. The minimum absolute atomic E-state index is 0.0730. The van der Waals surface area contributed by atoms with Gasteiger partial charge in [0.1, 0.15) is 0 Å². The molecule has 1 amide bonds. The number of amides is 1. The number of hydrogen-bond donors (Lipinski definition) is 0. The van der Waals surface area contributed by atoms with E-state index < -0.39 is 17.2 Å². The van der Waals surface area contributed by atoms with Gasteiger partial charge in [-0.1, -0.05) is 44.2 Å². The molecule has 0 aromatic heterocycles. The van der Waals surface area contributed by atoms with Crippen LogP contribution >= 0.6 is 0 Å². The van der Waals surface area contributed by atoms with Gasteiger partial charge in [-0.2, -0.15) is 13.2 Å². The van der Waals surface area contributed by atoms with E-state index in [1.54, 1.807) is 4.90 Å². The highest BCUT2D eigenvalue weighted by Gasteiger charge is 2.46. The largest absolute Gasteiger partial charge is 0.416 e. The van der Waals surface area contributed by atoms with E-state index in [2.05, 4.69) is 0 Å². The van der Waals surface area contributed by atoms with E-state index in [4.69, 9.17) is 0 Å². The number of halogens is 3. The summed E-state index contributed by atoms with van der Waals surface area (Å²) in [7, 11) is 0. The molecule has 1 fully saturated rings. The molecule has 2 aromatic carbocycles. The second-order valence-electron chi connectivity index (χ2n) is 6.73. The van der Waals surface area contributed by atoms with Crippen LogP contribution in [0.4, 0.5) is 18.9 Å². The van der Waals surface area contributed by atoms with Gasteiger partial charge in [0.25, 0.3) is 0 Å². The van der Waals surface area contributed by atoms with Crippen molar-refractivity contribution < 1.29 is 18.0 Å². The quantitative estimate of drug-likeness (QED) is 0.739. The fraction of sp³-hybridized carbons (Fsp3) is 0.316. The molecule has 1 atom stereocenters. The Hall–Kier alpha value is -2.30. The molecule has 0 spiro atoms. The van der Waals surface area contributed by atoms with Crippen molar-refractivity contribution in [1.29, 1.82) is 0 Å². The van der Waals surface area contributed by atoms with Crippen LogP contribution in [0, 0.1) is 5.41 Å². The Bertz CT molecular complexity index is 735. The van der Waals surface area contributed by atoms with Crippen LogP contribution in [0.5, 0.6) is 0 Å². The Balaban J connectivity index is 2.01. The maximum absolute atomic E-state index is 12.8. The Morgan fingerprint density at radius 2 is 1.58 bits per heavy atom. The van der Waals surface area contributed by atoms with Crippen LogP contribution < -0.4 is 4.90 Å². The topological polar surface area (TPSA) is 20.3 Å². The molecule has 24 heavy (non-hydrogen) atoms. The fourth-order valence-corrected chi connectivity index (χ4v) is 3.18. The van der Waals surface area contributed by atoms with E-state index in [9.17, 15) is 18.0 Å². The molecule has 0 radical (unpaired) electrons. The Morgan fingerprint density at radius 3 is 2.12 bits per heavy atom. The highest BCUT2D eigenvalue weighted by molar-refractivity contribution is 6.00. The molecule has 1 heterocycles. The first-order valence-corrected chi connectivity index (χ1v) is 7.76. The van der Waals surface area contributed by atoms with Crippen molar-refractivity contribution in [3.8, 4) is 0 Å². The lowest BCUT2D eigenvalue weighted by Crippen LogP contribution is -2.32. The Labute approximate surface area is 138 Å². The molecular weight excluding hydrogens is 315 g/mol. The number of nitrogens with zero attached hydrogens (tertiary/aromatic N) is 1. The molecule has 0 saturated carbocycles. The van der Waals surface area contributed by atoms with Crippen molar-refractivity contribution in [2.24, 2.45) is 5.41 Å². The first kappa shape index (κ1) is 16.6. The van der Waals surface area contributed by atoms with Gasteiger partial charge in [0.15, 0.2) is 0 Å². The van der Waals surface area contributed by atoms with Crippen molar-refractivity contribution in [2.75, 3.05) is 4.90 Å². The highest BCUT2D eigenvalue weighted by Crippen LogP contribution is 2.46. The zero-order chi connectivity index (χ0) is 17.5. The number of benzene rings is 2. The molecule has 5 heteroatoms. The summed E-state index contributed by atoms with van der Waals surface area (Å²) in [5.74, 6) is -0.0730. The number of carbonyl (C=O) groups is 1. The summed E-state index contributed by atoms with van der Waals surface area (Å²) in [5.41, 5.74) is 0.209. The maximum atomic E-state index is 12.8. The maximum Gasteiger partial charge on any atom is 0.416 e. The monoisotopic (exact) mass is 333 g/mol. The summed E-state index contributed by atoms with van der Waals surface area (Å²) in [6.07, 6.45) is -3.76. The number of hydrogen-bond acceptors (Lipinski definition) is 1. The molecule has 2 aromatic rings. The molecular formula is C19H18F3NO. The normalized spacial score (nSPS) is 20.5. The summed E-state index contributed by atoms with van der Waals surface area (Å²) in [6, 6.07) is 14.2. The lowest BCUT2D eigenvalue weighted by atomic mass is 9.88. The van der Waals surface area contributed by atoms with Crippen molar-refractivity contribution in [3.63, 3.8) is 0 Å². The fourth-order valence-electron chi connectivity index (χ4n) is 3.18. The minimum Gasteiger partial charge on any atom is -0.304 e. The molecule has 1 aliphatic rings. The molecule has 0 N–H and O–H groups in total. The van der Waals surface area contributed by atoms with Gasteiger partial charge in [0, 0.05) is 11.1 Å². The van der Waals surface area contributed by atoms with Crippen LogP contribution in [0.25, 0.3) is 0 Å². The number of carbonyl (C=O) groups excluding carboxylic acids is 1. The minimum atomic E-state index is -4.38. The van der Waals surface area contributed by atoms with Gasteiger partial charge in [-0.05, 0) is 36.2 Å². The average molecular weight is 333 g/mol. The van der Waals surface area contributed by atoms with Crippen LogP contribution in [-0.4, -0.2) is 5.91 Å². The van der Waals surface area contributed by atoms with Crippen molar-refractivity contribution in [2.45, 2.75) is 32.5 Å². The van der Waals surface area contributed by atoms with Crippen LogP contribution in [0.15, 0.2) is 54.6 Å². The third-order valence-electron chi connectivity index (χ3n) is 4.47. The predicted molar refractivity (Wildman–Crippen MR) is 86.5 cm³/mol. The van der Waals surface area contributed by atoms with Gasteiger partial charge in [0.2, 0.25) is 5.91 Å². The van der Waals surface area contributed by atoms with Gasteiger partial charge < -0.3 is 4.90 Å². The molecule has 1 saturated heterocycles. The summed E-state index contributed by atoms with van der Waals surface area (Å²) in [4.78, 5) is 14.4. The van der Waals surface area contributed by atoms with Crippen LogP contribution in [0.1, 0.15) is 37.4 Å². The number of rotatable bonds is 2. The lowest BCUT2D eigenvalue weighted by Gasteiger charge is -2.26. The standard InChI is InChI=1S/C19H18F3NO/c1-18(2)12-16(13-6-4-3-5-7-13)23(17(18)24)15-10-8-14(9-11-15)19(20,21)22/h3-11,16H,12H2,1-2H3. The summed E-state index contributed by atoms with van der Waals surface area (Å²) < 4.78 is 38.3. The van der Waals surface area contributed by atoms with Crippen molar-refractivity contribution in [3.05, 3.63) is 65.7 Å². The van der Waals surface area contributed by atoms with Crippen LogP contribution in [0.3, 0.4) is 0 Å². The summed E-state index contributed by atoms with van der Waals surface area (Å²) in [6.45, 7) is 3.74. The predicted octanol–water partition coefficient (Wildman–Crippen LogP) is 5.21. The van der Waals surface area contributed by atoms with Gasteiger partial charge in [-0.25, -0.2) is 0 Å². The van der Waals surface area contributed by atoms with E-state index in [-0.39, 0.29) is 11.9 Å². The second-order valence-corrected chi connectivity index (χ2v) is 6.73. The van der Waals surface area contributed by atoms with E-state index in [0.29, 0.717) is 12.1 Å². The van der Waals surface area contributed by atoms with Gasteiger partial charge >= 0.3 is 6.18 Å². The van der Waals surface area contributed by atoms with E-state index in [1.807, 2.05) is 44.2 Å². The molecule has 3 rings (SSSR count). The third kappa shape index (κ3) is 2.90.